The Labute approximate surface area is 287 Å². The van der Waals surface area contributed by atoms with Gasteiger partial charge in [0.05, 0.1) is 13.7 Å². The van der Waals surface area contributed by atoms with Crippen molar-refractivity contribution in [2.75, 3.05) is 25.6 Å². The first kappa shape index (κ1) is 34.4. The molecule has 5 aromatic carbocycles. The Morgan fingerprint density at radius 3 is 2.06 bits per heavy atom. The second-order valence-corrected chi connectivity index (χ2v) is 11.5. The van der Waals surface area contributed by atoms with E-state index in [9.17, 15) is 14.4 Å². The van der Waals surface area contributed by atoms with Crippen molar-refractivity contribution in [3.05, 3.63) is 173 Å². The molecule has 5 aromatic rings. The fraction of sp³-hybridized carbons (Fsp3) is 0.167. The summed E-state index contributed by atoms with van der Waals surface area (Å²) in [4.78, 5) is 41.0. The zero-order chi connectivity index (χ0) is 34.3. The highest BCUT2D eigenvalue weighted by atomic mass is 16.5. The van der Waals surface area contributed by atoms with Crippen molar-refractivity contribution in [3.63, 3.8) is 0 Å². The summed E-state index contributed by atoms with van der Waals surface area (Å²) < 4.78 is 11.1. The van der Waals surface area contributed by atoms with E-state index in [0.29, 0.717) is 55.1 Å². The third-order valence-electron chi connectivity index (χ3n) is 7.97. The Bertz CT molecular complexity index is 1820. The van der Waals surface area contributed by atoms with Crippen LogP contribution in [0.3, 0.4) is 0 Å². The van der Waals surface area contributed by atoms with Crippen LogP contribution in [0.1, 0.15) is 39.0 Å². The van der Waals surface area contributed by atoms with Gasteiger partial charge in [-0.3, -0.25) is 9.59 Å². The number of ketones is 1. The number of anilines is 1. The van der Waals surface area contributed by atoms with E-state index in [-0.39, 0.29) is 11.7 Å². The summed E-state index contributed by atoms with van der Waals surface area (Å²) in [5, 5.41) is 3.25. The molecule has 0 unspecified atom stereocenters. The Morgan fingerprint density at radius 2 is 1.37 bits per heavy atom. The number of hydrogen-bond donors (Lipinski definition) is 1. The maximum Gasteiger partial charge on any atom is 0.328 e. The number of para-hydroxylation sites is 1. The second kappa shape index (κ2) is 17.8. The number of hydrogen-bond acceptors (Lipinski definition) is 6. The van der Waals surface area contributed by atoms with Crippen LogP contribution in [-0.4, -0.2) is 48.9 Å². The lowest BCUT2D eigenvalue weighted by molar-refractivity contribution is -0.141. The number of nitrogens with zero attached hydrogens (tertiary/aromatic N) is 1. The lowest BCUT2D eigenvalue weighted by Gasteiger charge is -2.22. The first-order valence-electron chi connectivity index (χ1n) is 16.3. The summed E-state index contributed by atoms with van der Waals surface area (Å²) in [6, 6.07) is 42.7. The molecule has 248 valence electrons. The van der Waals surface area contributed by atoms with E-state index in [1.807, 2.05) is 120 Å². The molecule has 0 heterocycles. The summed E-state index contributed by atoms with van der Waals surface area (Å²) >= 11 is 0. The number of nitrogens with one attached hydrogen (secondary N) is 1. The van der Waals surface area contributed by atoms with Gasteiger partial charge in [0.25, 0.3) is 0 Å². The van der Waals surface area contributed by atoms with Crippen molar-refractivity contribution < 1.29 is 23.9 Å². The number of methoxy groups -OCH3 is 1. The quantitative estimate of drug-likeness (QED) is 0.0511. The van der Waals surface area contributed by atoms with Crippen LogP contribution in [0.25, 0.3) is 6.08 Å². The smallest absolute Gasteiger partial charge is 0.328 e. The number of ether oxygens (including phenoxy) is 2. The summed E-state index contributed by atoms with van der Waals surface area (Å²) in [7, 11) is 1.35. The van der Waals surface area contributed by atoms with Gasteiger partial charge in [-0.05, 0) is 53.5 Å². The SMILES string of the molecule is COC(=O)[C@H](Cc1ccc(OCCCN(Cc2ccccc2)C(=O)C=Cc2ccccc2)cc1)Nc1ccccc1C(=O)c1ccccc1. The standard InChI is InChI=1S/C42H40N2O5/c1-48-42(47)39(43-38-21-12-11-20-37(38)41(46)35-18-9-4-10-19-35)30-33-22-25-36(26-23-33)49-29-13-28-44(31-34-16-7-3-8-17-34)40(45)27-24-32-14-5-2-6-15-32/h2-12,14-27,39,43H,13,28-31H2,1H3/t39-/m0/s1. The number of amides is 1. The number of benzene rings is 5. The molecule has 0 aliphatic carbocycles. The Balaban J connectivity index is 1.17. The maximum absolute atomic E-state index is 13.2. The molecule has 1 amide bonds. The first-order chi connectivity index (χ1) is 24.0. The molecule has 1 atom stereocenters. The van der Waals surface area contributed by atoms with Crippen LogP contribution in [0.2, 0.25) is 0 Å². The number of rotatable bonds is 16. The van der Waals surface area contributed by atoms with Gasteiger partial charge in [0.2, 0.25) is 5.91 Å². The molecule has 1 N–H and O–H groups in total. The highest BCUT2D eigenvalue weighted by Crippen LogP contribution is 2.22. The van der Waals surface area contributed by atoms with Gasteiger partial charge in [0, 0.05) is 42.4 Å². The van der Waals surface area contributed by atoms with Crippen molar-refractivity contribution >= 4 is 29.4 Å². The molecule has 0 saturated carbocycles. The predicted octanol–water partition coefficient (Wildman–Crippen LogP) is 7.62. The second-order valence-electron chi connectivity index (χ2n) is 11.5. The van der Waals surface area contributed by atoms with Gasteiger partial charge in [0.15, 0.2) is 5.78 Å². The average Bonchev–Trinajstić information content (AvgIpc) is 3.16. The van der Waals surface area contributed by atoms with Crippen molar-refractivity contribution in [1.82, 2.24) is 4.90 Å². The fourth-order valence-corrected chi connectivity index (χ4v) is 5.39. The lowest BCUT2D eigenvalue weighted by Crippen LogP contribution is -2.33. The van der Waals surface area contributed by atoms with Gasteiger partial charge < -0.3 is 19.7 Å². The molecule has 0 bridgehead atoms. The van der Waals surface area contributed by atoms with E-state index in [2.05, 4.69) is 5.32 Å². The Hall–Kier alpha value is -5.95. The van der Waals surface area contributed by atoms with E-state index in [1.54, 1.807) is 36.4 Å². The molecule has 0 saturated heterocycles. The molecule has 5 rings (SSSR count). The highest BCUT2D eigenvalue weighted by molar-refractivity contribution is 6.12. The highest BCUT2D eigenvalue weighted by Gasteiger charge is 2.23. The summed E-state index contributed by atoms with van der Waals surface area (Å²) in [6.45, 7) is 1.47. The molecule has 7 nitrogen and oxygen atoms in total. The minimum Gasteiger partial charge on any atom is -0.494 e. The van der Waals surface area contributed by atoms with E-state index < -0.39 is 12.0 Å². The van der Waals surface area contributed by atoms with Crippen molar-refractivity contribution in [1.29, 1.82) is 0 Å². The van der Waals surface area contributed by atoms with Gasteiger partial charge in [0.1, 0.15) is 11.8 Å². The van der Waals surface area contributed by atoms with E-state index in [0.717, 1.165) is 16.7 Å². The number of carbonyl (C=O) groups excluding carboxylic acids is 3. The first-order valence-corrected chi connectivity index (χ1v) is 16.3. The molecule has 0 aromatic heterocycles. The van der Waals surface area contributed by atoms with Crippen molar-refractivity contribution in [3.8, 4) is 5.75 Å². The van der Waals surface area contributed by atoms with Gasteiger partial charge >= 0.3 is 5.97 Å². The summed E-state index contributed by atoms with van der Waals surface area (Å²) in [6.07, 6.45) is 4.44. The van der Waals surface area contributed by atoms with Crippen LogP contribution in [0, 0.1) is 0 Å². The van der Waals surface area contributed by atoms with Gasteiger partial charge in [-0.1, -0.05) is 115 Å². The minimum atomic E-state index is -0.717. The van der Waals surface area contributed by atoms with E-state index in [4.69, 9.17) is 9.47 Å². The van der Waals surface area contributed by atoms with Crippen molar-refractivity contribution in [2.45, 2.75) is 25.4 Å². The Kier molecular flexibility index (Phi) is 12.5. The lowest BCUT2D eigenvalue weighted by atomic mass is 10.00. The summed E-state index contributed by atoms with van der Waals surface area (Å²) in [5.41, 5.74) is 4.53. The molecule has 0 aliphatic rings. The maximum atomic E-state index is 13.2. The van der Waals surface area contributed by atoms with E-state index >= 15 is 0 Å². The zero-order valence-corrected chi connectivity index (χ0v) is 27.5. The largest absolute Gasteiger partial charge is 0.494 e. The van der Waals surface area contributed by atoms with Gasteiger partial charge in [-0.25, -0.2) is 4.79 Å². The van der Waals surface area contributed by atoms with Gasteiger partial charge in [-0.15, -0.1) is 0 Å². The molecule has 0 spiro atoms. The molecule has 7 heteroatoms. The summed E-state index contributed by atoms with van der Waals surface area (Å²) in [5.74, 6) is 0.0634. The molecule has 0 radical (unpaired) electrons. The van der Waals surface area contributed by atoms with Crippen LogP contribution in [0.5, 0.6) is 5.75 Å². The normalized spacial score (nSPS) is 11.4. The predicted molar refractivity (Wildman–Crippen MR) is 193 cm³/mol. The van der Waals surface area contributed by atoms with Crippen LogP contribution in [0.15, 0.2) is 146 Å². The molecule has 0 fully saturated rings. The molecular weight excluding hydrogens is 612 g/mol. The topological polar surface area (TPSA) is 84.9 Å². The monoisotopic (exact) mass is 652 g/mol. The van der Waals surface area contributed by atoms with E-state index in [1.165, 1.54) is 7.11 Å². The number of esters is 1. The fourth-order valence-electron chi connectivity index (χ4n) is 5.39. The van der Waals surface area contributed by atoms with Crippen LogP contribution in [-0.2, 0) is 27.3 Å². The third kappa shape index (κ3) is 10.3. The number of carbonyl (C=O) groups is 3. The van der Waals surface area contributed by atoms with Crippen LogP contribution >= 0.6 is 0 Å². The zero-order valence-electron chi connectivity index (χ0n) is 27.5. The third-order valence-corrected chi connectivity index (χ3v) is 7.97. The Morgan fingerprint density at radius 1 is 0.735 bits per heavy atom. The van der Waals surface area contributed by atoms with Crippen LogP contribution < -0.4 is 10.1 Å². The average molecular weight is 653 g/mol. The minimum absolute atomic E-state index is 0.0575. The molecule has 0 aliphatic heterocycles. The molecular formula is C42H40N2O5. The van der Waals surface area contributed by atoms with Crippen LogP contribution in [0.4, 0.5) is 5.69 Å². The molecule has 49 heavy (non-hydrogen) atoms. The van der Waals surface area contributed by atoms with Gasteiger partial charge in [-0.2, -0.15) is 0 Å². The van der Waals surface area contributed by atoms with Crippen molar-refractivity contribution in [2.24, 2.45) is 0 Å².